The first kappa shape index (κ1) is 10.7. The summed E-state index contributed by atoms with van der Waals surface area (Å²) in [7, 11) is 0. The monoisotopic (exact) mass is 195 g/mol. The summed E-state index contributed by atoms with van der Waals surface area (Å²) in [6, 6.07) is 2.30. The molecule has 0 atom stereocenters. The van der Waals surface area contributed by atoms with Gasteiger partial charge in [-0.2, -0.15) is 4.98 Å². The Kier molecular flexibility index (Phi) is 3.64. The molecular formula is C9H17N5. The summed E-state index contributed by atoms with van der Waals surface area (Å²) < 4.78 is 0. The molecule has 0 fully saturated rings. The van der Waals surface area contributed by atoms with E-state index in [1.165, 1.54) is 0 Å². The van der Waals surface area contributed by atoms with Crippen LogP contribution in [0.1, 0.15) is 20.8 Å². The third-order valence-electron chi connectivity index (χ3n) is 2.03. The minimum atomic E-state index is 0.417. The SMILES string of the molecule is CCN(c1ccnc(NN)n1)C(C)C. The van der Waals surface area contributed by atoms with Crippen LogP contribution in [0.15, 0.2) is 12.3 Å². The van der Waals surface area contributed by atoms with Gasteiger partial charge in [-0.05, 0) is 26.8 Å². The fourth-order valence-corrected chi connectivity index (χ4v) is 1.37. The van der Waals surface area contributed by atoms with Gasteiger partial charge in [0.1, 0.15) is 5.82 Å². The summed E-state index contributed by atoms with van der Waals surface area (Å²) >= 11 is 0. The van der Waals surface area contributed by atoms with Crippen LogP contribution in [0.25, 0.3) is 0 Å². The predicted octanol–water partition coefficient (Wildman–Crippen LogP) is 0.997. The molecule has 0 aliphatic rings. The maximum absolute atomic E-state index is 5.24. The van der Waals surface area contributed by atoms with Gasteiger partial charge in [0.25, 0.3) is 0 Å². The molecule has 0 saturated heterocycles. The second-order valence-electron chi connectivity index (χ2n) is 3.26. The molecule has 0 aliphatic carbocycles. The zero-order valence-electron chi connectivity index (χ0n) is 8.86. The maximum atomic E-state index is 5.24. The van der Waals surface area contributed by atoms with E-state index < -0.39 is 0 Å². The Hall–Kier alpha value is -1.36. The van der Waals surface area contributed by atoms with E-state index in [1.54, 1.807) is 6.20 Å². The van der Waals surface area contributed by atoms with Crippen molar-refractivity contribution in [3.8, 4) is 0 Å². The first-order chi connectivity index (χ1) is 6.69. The predicted molar refractivity (Wildman–Crippen MR) is 58.0 cm³/mol. The third-order valence-corrected chi connectivity index (χ3v) is 2.03. The van der Waals surface area contributed by atoms with E-state index in [4.69, 9.17) is 5.84 Å². The van der Waals surface area contributed by atoms with Crippen molar-refractivity contribution in [2.24, 2.45) is 5.84 Å². The number of aromatic nitrogens is 2. The Morgan fingerprint density at radius 1 is 1.57 bits per heavy atom. The fourth-order valence-electron chi connectivity index (χ4n) is 1.37. The minimum Gasteiger partial charge on any atom is -0.354 e. The molecule has 0 radical (unpaired) electrons. The average Bonchev–Trinajstić information content (AvgIpc) is 2.19. The number of rotatable bonds is 4. The van der Waals surface area contributed by atoms with Gasteiger partial charge in [-0.3, -0.25) is 5.43 Å². The number of nitrogens with one attached hydrogen (secondary N) is 1. The van der Waals surface area contributed by atoms with Crippen LogP contribution in [0.5, 0.6) is 0 Å². The smallest absolute Gasteiger partial charge is 0.239 e. The van der Waals surface area contributed by atoms with Crippen molar-refractivity contribution < 1.29 is 0 Å². The Morgan fingerprint density at radius 3 is 2.79 bits per heavy atom. The van der Waals surface area contributed by atoms with Crippen LogP contribution in [-0.4, -0.2) is 22.6 Å². The second-order valence-corrected chi connectivity index (χ2v) is 3.26. The van der Waals surface area contributed by atoms with E-state index in [0.717, 1.165) is 12.4 Å². The molecule has 1 rings (SSSR count). The number of hydrogen-bond acceptors (Lipinski definition) is 5. The summed E-state index contributed by atoms with van der Waals surface area (Å²) in [5, 5.41) is 0. The van der Waals surface area contributed by atoms with Crippen LogP contribution in [-0.2, 0) is 0 Å². The average molecular weight is 195 g/mol. The molecule has 0 spiro atoms. The van der Waals surface area contributed by atoms with Gasteiger partial charge in [0.05, 0.1) is 0 Å². The van der Waals surface area contributed by atoms with Crippen molar-refractivity contribution in [1.82, 2.24) is 9.97 Å². The van der Waals surface area contributed by atoms with Crippen molar-refractivity contribution in [2.45, 2.75) is 26.8 Å². The van der Waals surface area contributed by atoms with Crippen LogP contribution in [0.2, 0.25) is 0 Å². The highest BCUT2D eigenvalue weighted by Crippen LogP contribution is 2.13. The maximum Gasteiger partial charge on any atom is 0.239 e. The molecule has 14 heavy (non-hydrogen) atoms. The molecule has 0 aliphatic heterocycles. The van der Waals surface area contributed by atoms with Crippen molar-refractivity contribution in [3.05, 3.63) is 12.3 Å². The van der Waals surface area contributed by atoms with E-state index in [9.17, 15) is 0 Å². The van der Waals surface area contributed by atoms with E-state index in [2.05, 4.69) is 41.1 Å². The van der Waals surface area contributed by atoms with Crippen LogP contribution in [0, 0.1) is 0 Å². The second kappa shape index (κ2) is 4.76. The standard InChI is InChI=1S/C9H17N5/c1-4-14(7(2)3)8-5-6-11-9(12-8)13-10/h5-7H,4,10H2,1-3H3,(H,11,12,13). The fraction of sp³-hybridized carbons (Fsp3) is 0.556. The van der Waals surface area contributed by atoms with E-state index in [0.29, 0.717) is 12.0 Å². The molecule has 1 heterocycles. The highest BCUT2D eigenvalue weighted by molar-refractivity contribution is 5.42. The van der Waals surface area contributed by atoms with E-state index >= 15 is 0 Å². The quantitative estimate of drug-likeness (QED) is 0.554. The van der Waals surface area contributed by atoms with E-state index in [1.807, 2.05) is 6.07 Å². The molecule has 0 aromatic carbocycles. The highest BCUT2D eigenvalue weighted by atomic mass is 15.3. The van der Waals surface area contributed by atoms with Gasteiger partial charge in [0.2, 0.25) is 5.95 Å². The van der Waals surface area contributed by atoms with Crippen LogP contribution in [0.4, 0.5) is 11.8 Å². The molecule has 0 bridgehead atoms. The minimum absolute atomic E-state index is 0.417. The summed E-state index contributed by atoms with van der Waals surface area (Å²) in [5.74, 6) is 6.58. The lowest BCUT2D eigenvalue weighted by molar-refractivity contribution is 0.692. The first-order valence-corrected chi connectivity index (χ1v) is 4.75. The topological polar surface area (TPSA) is 67.1 Å². The summed E-state index contributed by atoms with van der Waals surface area (Å²) in [6.45, 7) is 7.26. The van der Waals surface area contributed by atoms with Gasteiger partial charge < -0.3 is 4.90 Å². The number of nitrogens with two attached hydrogens (primary N) is 1. The molecule has 3 N–H and O–H groups in total. The van der Waals surface area contributed by atoms with Gasteiger partial charge in [-0.1, -0.05) is 0 Å². The number of nitrogen functional groups attached to an aromatic ring is 1. The van der Waals surface area contributed by atoms with Crippen LogP contribution in [0.3, 0.4) is 0 Å². The van der Waals surface area contributed by atoms with Crippen LogP contribution < -0.4 is 16.2 Å². The number of hydrogen-bond donors (Lipinski definition) is 2. The van der Waals surface area contributed by atoms with Crippen molar-refractivity contribution >= 4 is 11.8 Å². The molecule has 1 aromatic rings. The van der Waals surface area contributed by atoms with Crippen molar-refractivity contribution in [3.63, 3.8) is 0 Å². The normalized spacial score (nSPS) is 10.4. The molecule has 5 heteroatoms. The van der Waals surface area contributed by atoms with E-state index in [-0.39, 0.29) is 0 Å². The summed E-state index contributed by atoms with van der Waals surface area (Å²) in [6.07, 6.45) is 1.70. The molecule has 1 aromatic heterocycles. The number of anilines is 2. The van der Waals surface area contributed by atoms with Crippen molar-refractivity contribution in [1.29, 1.82) is 0 Å². The highest BCUT2D eigenvalue weighted by Gasteiger charge is 2.09. The largest absolute Gasteiger partial charge is 0.354 e. The number of hydrazine groups is 1. The van der Waals surface area contributed by atoms with Gasteiger partial charge in [0.15, 0.2) is 0 Å². The Morgan fingerprint density at radius 2 is 2.29 bits per heavy atom. The summed E-state index contributed by atoms with van der Waals surface area (Å²) in [4.78, 5) is 10.4. The lowest BCUT2D eigenvalue weighted by atomic mass is 10.3. The number of nitrogens with zero attached hydrogens (tertiary/aromatic N) is 3. The Labute approximate surface area is 84.3 Å². The zero-order chi connectivity index (χ0) is 10.6. The van der Waals surface area contributed by atoms with Crippen molar-refractivity contribution in [2.75, 3.05) is 16.9 Å². The van der Waals surface area contributed by atoms with Gasteiger partial charge in [-0.25, -0.2) is 10.8 Å². The van der Waals surface area contributed by atoms with Crippen LogP contribution >= 0.6 is 0 Å². The lowest BCUT2D eigenvalue weighted by Crippen LogP contribution is -2.31. The zero-order valence-corrected chi connectivity index (χ0v) is 8.86. The molecule has 0 amide bonds. The molecular weight excluding hydrogens is 178 g/mol. The molecule has 78 valence electrons. The van der Waals surface area contributed by atoms with Gasteiger partial charge in [-0.15, -0.1) is 0 Å². The first-order valence-electron chi connectivity index (χ1n) is 4.75. The molecule has 5 nitrogen and oxygen atoms in total. The molecule has 0 saturated carbocycles. The van der Waals surface area contributed by atoms with Gasteiger partial charge >= 0.3 is 0 Å². The lowest BCUT2D eigenvalue weighted by Gasteiger charge is -2.26. The third kappa shape index (κ3) is 2.32. The summed E-state index contributed by atoms with van der Waals surface area (Å²) in [5.41, 5.74) is 2.44. The Balaban J connectivity index is 2.92. The Bertz CT molecular complexity index is 286. The molecule has 0 unspecified atom stereocenters. The van der Waals surface area contributed by atoms with Gasteiger partial charge in [0, 0.05) is 18.8 Å².